The van der Waals surface area contributed by atoms with Crippen molar-refractivity contribution in [2.45, 2.75) is 31.4 Å². The molecule has 0 atom stereocenters. The van der Waals surface area contributed by atoms with Crippen LogP contribution in [0.15, 0.2) is 66.9 Å². The van der Waals surface area contributed by atoms with E-state index >= 15 is 0 Å². The van der Waals surface area contributed by atoms with Gasteiger partial charge in [0.15, 0.2) is 0 Å². The number of H-pyrrole nitrogens is 1. The topological polar surface area (TPSA) is 91.0 Å². The molecule has 1 fully saturated rings. The number of nitrogens with zero attached hydrogens (tertiary/aromatic N) is 3. The van der Waals surface area contributed by atoms with Crippen LogP contribution in [-0.4, -0.2) is 45.0 Å². The highest BCUT2D eigenvalue weighted by Gasteiger charge is 2.32. The molecule has 0 saturated carbocycles. The molecular formula is C27H24F3N5O2. The molecule has 2 amide bonds. The monoisotopic (exact) mass is 507 g/mol. The van der Waals surface area contributed by atoms with E-state index in [0.717, 1.165) is 35.4 Å². The van der Waals surface area contributed by atoms with Crippen LogP contribution < -0.4 is 5.32 Å². The van der Waals surface area contributed by atoms with E-state index in [2.05, 4.69) is 20.5 Å². The van der Waals surface area contributed by atoms with Gasteiger partial charge in [0, 0.05) is 29.7 Å². The number of piperidine rings is 1. The van der Waals surface area contributed by atoms with Crippen molar-refractivity contribution in [3.63, 3.8) is 0 Å². The fourth-order valence-electron chi connectivity index (χ4n) is 4.61. The Kier molecular flexibility index (Phi) is 6.64. The minimum atomic E-state index is -4.56. The van der Waals surface area contributed by atoms with Crippen molar-refractivity contribution in [2.75, 3.05) is 18.4 Å². The Hall–Kier alpha value is -4.21. The van der Waals surface area contributed by atoms with Gasteiger partial charge in [-0.15, -0.1) is 0 Å². The molecule has 3 heterocycles. The minimum absolute atomic E-state index is 0.00303. The maximum Gasteiger partial charge on any atom is 0.433 e. The van der Waals surface area contributed by atoms with Crippen LogP contribution in [0, 0.1) is 0 Å². The van der Waals surface area contributed by atoms with Crippen molar-refractivity contribution < 1.29 is 22.8 Å². The zero-order valence-electron chi connectivity index (χ0n) is 19.8. The largest absolute Gasteiger partial charge is 0.433 e. The smallest absolute Gasteiger partial charge is 0.339 e. The second kappa shape index (κ2) is 10.0. The molecule has 2 N–H and O–H groups in total. The molecule has 4 aromatic rings. The van der Waals surface area contributed by atoms with Gasteiger partial charge in [0.2, 0.25) is 5.91 Å². The molecule has 0 bridgehead atoms. The van der Waals surface area contributed by atoms with Crippen LogP contribution in [0.5, 0.6) is 0 Å². The van der Waals surface area contributed by atoms with Crippen molar-refractivity contribution in [3.8, 4) is 0 Å². The van der Waals surface area contributed by atoms with Gasteiger partial charge in [0.25, 0.3) is 5.91 Å². The highest BCUT2D eigenvalue weighted by molar-refractivity contribution is 5.97. The zero-order valence-corrected chi connectivity index (χ0v) is 19.8. The van der Waals surface area contributed by atoms with Crippen LogP contribution in [0.3, 0.4) is 0 Å². The molecule has 5 rings (SSSR count). The number of benzene rings is 2. The third-order valence-electron chi connectivity index (χ3n) is 6.58. The van der Waals surface area contributed by atoms with Gasteiger partial charge in [-0.3, -0.25) is 14.7 Å². The van der Waals surface area contributed by atoms with Gasteiger partial charge in [-0.1, -0.05) is 24.3 Å². The summed E-state index contributed by atoms with van der Waals surface area (Å²) in [6.45, 7) is 1.29. The van der Waals surface area contributed by atoms with E-state index in [9.17, 15) is 22.8 Å². The summed E-state index contributed by atoms with van der Waals surface area (Å²) in [6, 6.07) is 16.5. The molecule has 2 aromatic carbocycles. The predicted molar refractivity (Wildman–Crippen MR) is 132 cm³/mol. The number of amides is 2. The lowest BCUT2D eigenvalue weighted by Crippen LogP contribution is -2.37. The second-order valence-electron chi connectivity index (χ2n) is 9.10. The lowest BCUT2D eigenvalue weighted by molar-refractivity contribution is -0.141. The normalized spacial score (nSPS) is 14.6. The number of carbonyl (C=O) groups is 2. The van der Waals surface area contributed by atoms with Gasteiger partial charge in [-0.05, 0) is 60.7 Å². The zero-order chi connectivity index (χ0) is 26.0. The SMILES string of the molecule is O=C(Cc1cccc(C(F)(F)F)n1)Nc1ccc(C2CCN(C(=O)c3ccc4cn[nH]c4c3)CC2)cc1. The van der Waals surface area contributed by atoms with Crippen LogP contribution in [0.1, 0.15) is 46.1 Å². The Labute approximate surface area is 210 Å². The Morgan fingerprint density at radius 3 is 2.51 bits per heavy atom. The molecule has 2 aromatic heterocycles. The number of likely N-dealkylation sites (tertiary alicyclic amines) is 1. The summed E-state index contributed by atoms with van der Waals surface area (Å²) in [6.07, 6.45) is -1.44. The standard InChI is InChI=1S/C27H24F3N5O2/c28-27(29,30)24-3-1-2-22(32-24)15-25(36)33-21-8-6-17(7-9-21)18-10-12-35(13-11-18)26(37)19-4-5-20-16-31-34-23(20)14-19/h1-9,14,16,18H,10-13,15H2,(H,31,34)(H,33,36). The number of rotatable bonds is 5. The van der Waals surface area contributed by atoms with Crippen molar-refractivity contribution in [2.24, 2.45) is 0 Å². The van der Waals surface area contributed by atoms with Crippen LogP contribution in [0.4, 0.5) is 18.9 Å². The lowest BCUT2D eigenvalue weighted by Gasteiger charge is -2.32. The highest BCUT2D eigenvalue weighted by Crippen LogP contribution is 2.30. The molecule has 37 heavy (non-hydrogen) atoms. The molecule has 0 radical (unpaired) electrons. The molecule has 1 saturated heterocycles. The van der Waals surface area contributed by atoms with Crippen LogP contribution in [0.2, 0.25) is 0 Å². The first-order valence-corrected chi connectivity index (χ1v) is 11.9. The molecular weight excluding hydrogens is 483 g/mol. The van der Waals surface area contributed by atoms with E-state index in [1.165, 1.54) is 12.1 Å². The van der Waals surface area contributed by atoms with E-state index in [4.69, 9.17) is 0 Å². The average Bonchev–Trinajstić information content (AvgIpc) is 3.36. The number of fused-ring (bicyclic) bond motifs is 1. The predicted octanol–water partition coefficient (Wildman–Crippen LogP) is 5.18. The Morgan fingerprint density at radius 2 is 1.78 bits per heavy atom. The third-order valence-corrected chi connectivity index (χ3v) is 6.58. The van der Waals surface area contributed by atoms with Gasteiger partial charge >= 0.3 is 6.18 Å². The fraction of sp³-hybridized carbons (Fsp3) is 0.259. The molecule has 1 aliphatic rings. The van der Waals surface area contributed by atoms with Crippen LogP contribution in [0.25, 0.3) is 10.9 Å². The molecule has 0 unspecified atom stereocenters. The summed E-state index contributed by atoms with van der Waals surface area (Å²) in [5.74, 6) is -0.152. The van der Waals surface area contributed by atoms with E-state index in [0.29, 0.717) is 24.3 Å². The Balaban J connectivity index is 1.14. The van der Waals surface area contributed by atoms with Gasteiger partial charge in [0.1, 0.15) is 5.69 Å². The number of anilines is 1. The number of hydrogen-bond donors (Lipinski definition) is 2. The van der Waals surface area contributed by atoms with E-state index in [1.54, 1.807) is 18.3 Å². The van der Waals surface area contributed by atoms with Crippen LogP contribution in [-0.2, 0) is 17.4 Å². The van der Waals surface area contributed by atoms with Crippen molar-refractivity contribution in [1.82, 2.24) is 20.1 Å². The molecule has 10 heteroatoms. The number of carbonyl (C=O) groups excluding carboxylic acids is 2. The van der Waals surface area contributed by atoms with E-state index in [-0.39, 0.29) is 23.9 Å². The molecule has 1 aliphatic heterocycles. The Bertz CT molecular complexity index is 1420. The number of aromatic nitrogens is 3. The first-order valence-electron chi connectivity index (χ1n) is 11.9. The minimum Gasteiger partial charge on any atom is -0.339 e. The molecule has 7 nitrogen and oxygen atoms in total. The fourth-order valence-corrected chi connectivity index (χ4v) is 4.61. The molecule has 190 valence electrons. The first kappa shape index (κ1) is 24.5. The van der Waals surface area contributed by atoms with Crippen molar-refractivity contribution in [1.29, 1.82) is 0 Å². The number of aromatic amines is 1. The summed E-state index contributed by atoms with van der Waals surface area (Å²) in [5, 5.41) is 10.6. The molecule has 0 spiro atoms. The summed E-state index contributed by atoms with van der Waals surface area (Å²) >= 11 is 0. The van der Waals surface area contributed by atoms with Crippen molar-refractivity contribution in [3.05, 3.63) is 89.4 Å². The second-order valence-corrected chi connectivity index (χ2v) is 9.10. The number of pyridine rings is 1. The average molecular weight is 508 g/mol. The number of hydrogen-bond acceptors (Lipinski definition) is 4. The number of halogens is 3. The maximum absolute atomic E-state index is 12.9. The van der Waals surface area contributed by atoms with E-state index in [1.807, 2.05) is 35.2 Å². The maximum atomic E-state index is 12.9. The van der Waals surface area contributed by atoms with Crippen molar-refractivity contribution >= 4 is 28.4 Å². The quantitative estimate of drug-likeness (QED) is 0.390. The molecule has 0 aliphatic carbocycles. The van der Waals surface area contributed by atoms with Gasteiger partial charge in [-0.25, -0.2) is 4.98 Å². The lowest BCUT2D eigenvalue weighted by atomic mass is 9.89. The Morgan fingerprint density at radius 1 is 1.03 bits per heavy atom. The summed E-state index contributed by atoms with van der Waals surface area (Å²) < 4.78 is 38.5. The highest BCUT2D eigenvalue weighted by atomic mass is 19.4. The van der Waals surface area contributed by atoms with E-state index < -0.39 is 17.8 Å². The number of nitrogens with one attached hydrogen (secondary N) is 2. The van der Waals surface area contributed by atoms with Gasteiger partial charge in [-0.2, -0.15) is 18.3 Å². The summed E-state index contributed by atoms with van der Waals surface area (Å²) in [5.41, 5.74) is 2.17. The van der Waals surface area contributed by atoms with Crippen LogP contribution >= 0.6 is 0 Å². The third kappa shape index (κ3) is 5.63. The van der Waals surface area contributed by atoms with Gasteiger partial charge < -0.3 is 10.2 Å². The summed E-state index contributed by atoms with van der Waals surface area (Å²) in [4.78, 5) is 30.7. The first-order chi connectivity index (χ1) is 17.8. The van der Waals surface area contributed by atoms with Gasteiger partial charge in [0.05, 0.1) is 23.8 Å². The number of alkyl halides is 3. The summed E-state index contributed by atoms with van der Waals surface area (Å²) in [7, 11) is 0.